The van der Waals surface area contributed by atoms with E-state index in [0.29, 0.717) is 39.1 Å². The zero-order valence-electron chi connectivity index (χ0n) is 27.9. The molecule has 6 rings (SSSR count). The lowest BCUT2D eigenvalue weighted by atomic mass is 9.84. The topological polar surface area (TPSA) is 60.4 Å². The lowest BCUT2D eigenvalue weighted by Gasteiger charge is -2.22. The van der Waals surface area contributed by atoms with Crippen molar-refractivity contribution in [3.05, 3.63) is 137 Å². The summed E-state index contributed by atoms with van der Waals surface area (Å²) in [4.78, 5) is 43.0. The minimum Gasteiger partial charge on any atom is -0.420 e. The number of carbonyl (C=O) groups excluding carboxylic acids is 3. The SMILES string of the molecule is CCCCCCc1ccc(Sc2cccc3c2C(=O)c2cccc(Sc4ccc(-c5cc(F)c(OC(=O)CCC)c(F)c5)cc4)c2C3=O)cc1. The van der Waals surface area contributed by atoms with Gasteiger partial charge in [-0.1, -0.05) is 105 Å². The monoisotopic (exact) mass is 706 g/mol. The molecule has 0 aliphatic heterocycles. The van der Waals surface area contributed by atoms with Crippen LogP contribution in [0.2, 0.25) is 0 Å². The Morgan fingerprint density at radius 1 is 0.640 bits per heavy atom. The van der Waals surface area contributed by atoms with Crippen LogP contribution in [-0.4, -0.2) is 17.5 Å². The summed E-state index contributed by atoms with van der Waals surface area (Å²) in [5, 5.41) is 0. The van der Waals surface area contributed by atoms with Crippen LogP contribution < -0.4 is 4.74 Å². The minimum absolute atomic E-state index is 0.0606. The van der Waals surface area contributed by atoms with E-state index in [1.807, 2.05) is 18.2 Å². The summed E-state index contributed by atoms with van der Waals surface area (Å²) in [5.74, 6) is -3.72. The van der Waals surface area contributed by atoms with Crippen LogP contribution in [0.1, 0.15) is 89.8 Å². The van der Waals surface area contributed by atoms with Crippen molar-refractivity contribution < 1.29 is 27.9 Å². The highest BCUT2D eigenvalue weighted by molar-refractivity contribution is 7.99. The van der Waals surface area contributed by atoms with Gasteiger partial charge in [0.2, 0.25) is 5.75 Å². The van der Waals surface area contributed by atoms with Gasteiger partial charge in [0.15, 0.2) is 23.2 Å². The number of ether oxygens (including phenoxy) is 1. The maximum Gasteiger partial charge on any atom is 0.311 e. The van der Waals surface area contributed by atoms with Crippen molar-refractivity contribution >= 4 is 41.1 Å². The van der Waals surface area contributed by atoms with Crippen LogP contribution in [0.25, 0.3) is 11.1 Å². The second kappa shape index (κ2) is 16.0. The summed E-state index contributed by atoms with van der Waals surface area (Å²) in [6.45, 7) is 3.98. The fraction of sp³-hybridized carbons (Fsp3) is 0.214. The molecule has 5 aromatic rings. The molecule has 0 atom stereocenters. The van der Waals surface area contributed by atoms with Crippen LogP contribution in [0.3, 0.4) is 0 Å². The molecule has 1 aliphatic rings. The van der Waals surface area contributed by atoms with Crippen molar-refractivity contribution in [2.75, 3.05) is 0 Å². The van der Waals surface area contributed by atoms with Crippen LogP contribution in [0.5, 0.6) is 5.75 Å². The quantitative estimate of drug-likeness (QED) is 0.0677. The lowest BCUT2D eigenvalue weighted by molar-refractivity contribution is -0.134. The average molecular weight is 707 g/mol. The average Bonchev–Trinajstić information content (AvgIpc) is 3.11. The summed E-state index contributed by atoms with van der Waals surface area (Å²) in [6, 6.07) is 28.5. The standard InChI is InChI=1S/C42H36F2O4S2/c1-3-5-6-7-11-26-16-20-29(21-17-26)49-35-14-8-12-31-38(35)40(46)32-13-9-15-36(39(32)41(31)47)50-30-22-18-27(19-23-30)28-24-33(43)42(34(44)25-28)48-37(45)10-4-2/h8-9,12-25H,3-7,10-11H2,1-2H3. The van der Waals surface area contributed by atoms with Crippen LogP contribution in [0, 0.1) is 11.6 Å². The molecule has 0 fully saturated rings. The van der Waals surface area contributed by atoms with E-state index in [0.717, 1.165) is 33.2 Å². The highest BCUT2D eigenvalue weighted by Crippen LogP contribution is 2.41. The Balaban J connectivity index is 1.20. The van der Waals surface area contributed by atoms with Gasteiger partial charge in [0.05, 0.1) is 0 Å². The molecule has 0 bridgehead atoms. The number of esters is 1. The summed E-state index contributed by atoms with van der Waals surface area (Å²) < 4.78 is 34.3. The zero-order chi connectivity index (χ0) is 35.2. The Hall–Kier alpha value is -4.53. The van der Waals surface area contributed by atoms with Crippen LogP contribution in [0.4, 0.5) is 8.78 Å². The second-order valence-electron chi connectivity index (χ2n) is 12.2. The van der Waals surface area contributed by atoms with E-state index in [9.17, 15) is 23.2 Å². The largest absolute Gasteiger partial charge is 0.420 e. The van der Waals surface area contributed by atoms with Gasteiger partial charge in [-0.15, -0.1) is 0 Å². The van der Waals surface area contributed by atoms with Gasteiger partial charge in [0.25, 0.3) is 0 Å². The first-order valence-corrected chi connectivity index (χ1v) is 18.5. The van der Waals surface area contributed by atoms with Crippen molar-refractivity contribution in [3.63, 3.8) is 0 Å². The Morgan fingerprint density at radius 2 is 1.18 bits per heavy atom. The molecule has 8 heteroatoms. The number of unbranched alkanes of at least 4 members (excludes halogenated alkanes) is 3. The molecule has 0 spiro atoms. The van der Waals surface area contributed by atoms with E-state index in [4.69, 9.17) is 4.74 Å². The number of hydrogen-bond donors (Lipinski definition) is 0. The van der Waals surface area contributed by atoms with Gasteiger partial charge >= 0.3 is 5.97 Å². The molecule has 0 N–H and O–H groups in total. The number of carbonyl (C=O) groups is 3. The van der Waals surface area contributed by atoms with Crippen LogP contribution in [-0.2, 0) is 11.2 Å². The molecule has 0 radical (unpaired) electrons. The number of hydrogen-bond acceptors (Lipinski definition) is 6. The Morgan fingerprint density at radius 3 is 1.70 bits per heavy atom. The zero-order valence-corrected chi connectivity index (χ0v) is 29.5. The van der Waals surface area contributed by atoms with E-state index in [1.54, 1.807) is 49.4 Å². The van der Waals surface area contributed by atoms with Crippen LogP contribution in [0.15, 0.2) is 117 Å². The van der Waals surface area contributed by atoms with Crippen molar-refractivity contribution in [1.82, 2.24) is 0 Å². The number of benzene rings is 5. The molecule has 5 aromatic carbocycles. The molecule has 0 unspecified atom stereocenters. The number of rotatable bonds is 13. The first-order valence-electron chi connectivity index (χ1n) is 16.9. The predicted octanol–water partition coefficient (Wildman–Crippen LogP) is 11.5. The van der Waals surface area contributed by atoms with Crippen molar-refractivity contribution in [2.45, 2.75) is 78.4 Å². The van der Waals surface area contributed by atoms with Gasteiger partial charge in [0.1, 0.15) is 0 Å². The molecular weight excluding hydrogens is 671 g/mol. The summed E-state index contributed by atoms with van der Waals surface area (Å²) in [6.07, 6.45) is 6.48. The van der Waals surface area contributed by atoms with Gasteiger partial charge in [-0.3, -0.25) is 14.4 Å². The third kappa shape index (κ3) is 7.77. The van der Waals surface area contributed by atoms with Crippen molar-refractivity contribution in [2.24, 2.45) is 0 Å². The van der Waals surface area contributed by atoms with Gasteiger partial charge in [-0.25, -0.2) is 8.78 Å². The van der Waals surface area contributed by atoms with Crippen molar-refractivity contribution in [3.8, 4) is 16.9 Å². The van der Waals surface area contributed by atoms with E-state index in [2.05, 4.69) is 31.2 Å². The maximum atomic E-state index is 14.7. The number of aryl methyl sites for hydroxylation is 1. The predicted molar refractivity (Wildman–Crippen MR) is 195 cm³/mol. The van der Waals surface area contributed by atoms with Gasteiger partial charge in [0, 0.05) is 48.3 Å². The molecule has 0 amide bonds. The third-order valence-corrected chi connectivity index (χ3v) is 10.7. The number of ketones is 2. The van der Waals surface area contributed by atoms with Gasteiger partial charge < -0.3 is 4.74 Å². The number of fused-ring (bicyclic) bond motifs is 2. The summed E-state index contributed by atoms with van der Waals surface area (Å²) >= 11 is 2.83. The fourth-order valence-electron chi connectivity index (χ4n) is 5.99. The van der Waals surface area contributed by atoms with E-state index >= 15 is 0 Å². The van der Waals surface area contributed by atoms with Crippen molar-refractivity contribution in [1.29, 1.82) is 0 Å². The Bertz CT molecular complexity index is 2030. The third-order valence-electron chi connectivity index (χ3n) is 8.55. The number of halogens is 2. The molecule has 254 valence electrons. The smallest absolute Gasteiger partial charge is 0.311 e. The first kappa shape index (κ1) is 35.3. The van der Waals surface area contributed by atoms with Gasteiger partial charge in [-0.05, 0) is 84.5 Å². The minimum atomic E-state index is -0.963. The normalized spacial score (nSPS) is 12.1. The molecule has 0 saturated carbocycles. The summed E-state index contributed by atoms with van der Waals surface area (Å²) in [7, 11) is 0. The maximum absolute atomic E-state index is 14.7. The second-order valence-corrected chi connectivity index (χ2v) is 14.4. The van der Waals surface area contributed by atoms with E-state index in [-0.39, 0.29) is 23.6 Å². The fourth-order valence-corrected chi connectivity index (χ4v) is 7.95. The molecule has 1 aliphatic carbocycles. The first-order chi connectivity index (χ1) is 24.3. The molecular formula is C42H36F2O4S2. The van der Waals surface area contributed by atoms with E-state index in [1.165, 1.54) is 54.8 Å². The van der Waals surface area contributed by atoms with Gasteiger partial charge in [-0.2, -0.15) is 0 Å². The summed E-state index contributed by atoms with van der Waals surface area (Å²) in [5.41, 5.74) is 3.68. The molecule has 0 saturated heterocycles. The molecule has 0 heterocycles. The van der Waals surface area contributed by atoms with E-state index < -0.39 is 23.4 Å². The Labute approximate surface area is 299 Å². The lowest BCUT2D eigenvalue weighted by Crippen LogP contribution is -2.22. The molecule has 0 aromatic heterocycles. The molecule has 4 nitrogen and oxygen atoms in total. The van der Waals surface area contributed by atoms with Crippen LogP contribution >= 0.6 is 23.5 Å². The molecule has 50 heavy (non-hydrogen) atoms. The highest BCUT2D eigenvalue weighted by atomic mass is 32.2. The Kier molecular flexibility index (Phi) is 11.3. The highest BCUT2D eigenvalue weighted by Gasteiger charge is 2.33.